The first-order valence-electron chi connectivity index (χ1n) is 9.83. The van der Waals surface area contributed by atoms with Crippen LogP contribution < -0.4 is 5.32 Å². The molecule has 3 rings (SSSR count). The van der Waals surface area contributed by atoms with Gasteiger partial charge in [0.15, 0.2) is 0 Å². The molecule has 0 bridgehead atoms. The Bertz CT molecular complexity index is 698. The maximum absolute atomic E-state index is 12.5. The van der Waals surface area contributed by atoms with Crippen LogP contribution in [0.15, 0.2) is 54.6 Å². The van der Waals surface area contributed by atoms with E-state index in [0.717, 1.165) is 26.1 Å². The second-order valence-electron chi connectivity index (χ2n) is 7.35. The normalized spacial score (nSPS) is 20.2. The first kappa shape index (κ1) is 18.7. The van der Waals surface area contributed by atoms with Crippen LogP contribution in [-0.4, -0.2) is 23.9 Å². The maximum atomic E-state index is 12.5. The zero-order valence-electron chi connectivity index (χ0n) is 15.8. The molecule has 1 unspecified atom stereocenters. The molecule has 1 aliphatic rings. The van der Waals surface area contributed by atoms with Crippen molar-refractivity contribution in [2.75, 3.05) is 13.1 Å². The summed E-state index contributed by atoms with van der Waals surface area (Å²) in [6.45, 7) is 4.85. The molecule has 0 radical (unpaired) electrons. The van der Waals surface area contributed by atoms with Crippen molar-refractivity contribution >= 4 is 5.91 Å². The molecule has 0 aliphatic carbocycles. The summed E-state index contributed by atoms with van der Waals surface area (Å²) < 4.78 is 0. The van der Waals surface area contributed by atoms with Crippen LogP contribution in [0.3, 0.4) is 0 Å². The summed E-state index contributed by atoms with van der Waals surface area (Å²) >= 11 is 0. The van der Waals surface area contributed by atoms with Gasteiger partial charge in [0.2, 0.25) is 5.91 Å². The minimum atomic E-state index is 0.120. The fourth-order valence-corrected chi connectivity index (χ4v) is 3.79. The van der Waals surface area contributed by atoms with Gasteiger partial charge >= 0.3 is 0 Å². The number of aryl methyl sites for hydroxylation is 1. The van der Waals surface area contributed by atoms with Crippen molar-refractivity contribution in [2.24, 2.45) is 0 Å². The number of hydrogen-bond donors (Lipinski definition) is 1. The minimum Gasteiger partial charge on any atom is -0.356 e. The summed E-state index contributed by atoms with van der Waals surface area (Å²) in [6.07, 6.45) is 5.20. The molecular weight excluding hydrogens is 320 g/mol. The molecule has 1 aliphatic heterocycles. The van der Waals surface area contributed by atoms with Crippen LogP contribution >= 0.6 is 0 Å². The van der Waals surface area contributed by atoms with Gasteiger partial charge in [-0.1, -0.05) is 73.0 Å². The summed E-state index contributed by atoms with van der Waals surface area (Å²) in [6, 6.07) is 19.3. The summed E-state index contributed by atoms with van der Waals surface area (Å²) in [4.78, 5) is 15.0. The Morgan fingerprint density at radius 1 is 1.00 bits per heavy atom. The van der Waals surface area contributed by atoms with E-state index >= 15 is 0 Å². The highest BCUT2D eigenvalue weighted by molar-refractivity contribution is 5.76. The molecule has 0 spiro atoms. The first-order valence-corrected chi connectivity index (χ1v) is 9.83. The average Bonchev–Trinajstić information content (AvgIpc) is 2.68. The van der Waals surface area contributed by atoms with Gasteiger partial charge in [-0.2, -0.15) is 0 Å². The smallest absolute Gasteiger partial charge is 0.221 e. The van der Waals surface area contributed by atoms with Crippen LogP contribution in [0, 0.1) is 6.92 Å². The van der Waals surface area contributed by atoms with Crippen molar-refractivity contribution in [2.45, 2.75) is 51.6 Å². The lowest BCUT2D eigenvalue weighted by Gasteiger charge is -2.32. The zero-order valence-corrected chi connectivity index (χ0v) is 15.8. The molecule has 1 atom stereocenters. The quantitative estimate of drug-likeness (QED) is 0.876. The third-order valence-electron chi connectivity index (χ3n) is 5.17. The van der Waals surface area contributed by atoms with Gasteiger partial charge in [0.25, 0.3) is 0 Å². The van der Waals surface area contributed by atoms with Gasteiger partial charge in [-0.15, -0.1) is 0 Å². The Morgan fingerprint density at radius 3 is 2.62 bits per heavy atom. The number of nitrogens with zero attached hydrogens (tertiary/aromatic N) is 1. The predicted octanol–water partition coefficient (Wildman–Crippen LogP) is 4.62. The number of carbonyl (C=O) groups excluding carboxylic acids is 1. The predicted molar refractivity (Wildman–Crippen MR) is 107 cm³/mol. The van der Waals surface area contributed by atoms with E-state index in [9.17, 15) is 4.79 Å². The van der Waals surface area contributed by atoms with Gasteiger partial charge in [-0.25, -0.2) is 0 Å². The number of rotatable bonds is 3. The number of benzene rings is 2. The van der Waals surface area contributed by atoms with E-state index in [4.69, 9.17) is 0 Å². The van der Waals surface area contributed by atoms with E-state index in [-0.39, 0.29) is 11.9 Å². The van der Waals surface area contributed by atoms with Crippen LogP contribution in [0.5, 0.6) is 0 Å². The minimum absolute atomic E-state index is 0.120. The molecule has 26 heavy (non-hydrogen) atoms. The van der Waals surface area contributed by atoms with Gasteiger partial charge in [0.05, 0.1) is 0 Å². The summed E-state index contributed by atoms with van der Waals surface area (Å²) in [7, 11) is 0. The zero-order chi connectivity index (χ0) is 18.2. The fourth-order valence-electron chi connectivity index (χ4n) is 3.79. The van der Waals surface area contributed by atoms with Crippen molar-refractivity contribution in [3.05, 3.63) is 71.3 Å². The van der Waals surface area contributed by atoms with Crippen molar-refractivity contribution < 1.29 is 4.79 Å². The topological polar surface area (TPSA) is 32.3 Å². The molecule has 2 aromatic rings. The molecule has 1 N–H and O–H groups in total. The van der Waals surface area contributed by atoms with E-state index in [0.29, 0.717) is 6.42 Å². The van der Waals surface area contributed by atoms with Gasteiger partial charge < -0.3 is 5.32 Å². The van der Waals surface area contributed by atoms with Crippen molar-refractivity contribution in [3.8, 4) is 0 Å². The summed E-state index contributed by atoms with van der Waals surface area (Å²) in [5.74, 6) is 0.162. The molecule has 0 saturated carbocycles. The number of carbonyl (C=O) groups is 1. The molecule has 1 saturated heterocycles. The van der Waals surface area contributed by atoms with Crippen molar-refractivity contribution in [1.29, 1.82) is 0 Å². The standard InChI is InChI=1S/C23H30N2O/c1-19-10-9-11-20(16-19)18-25-15-8-3-2-7-14-24-23(26)17-22(25)21-12-5-4-6-13-21/h4-6,9-13,16,22H,2-3,7-8,14-15,17-18H2,1H3,(H,24,26). The third-order valence-corrected chi connectivity index (χ3v) is 5.17. The molecule has 138 valence electrons. The monoisotopic (exact) mass is 350 g/mol. The Hall–Kier alpha value is -2.13. The Labute approximate surface area is 157 Å². The van der Waals surface area contributed by atoms with Crippen LogP contribution in [0.1, 0.15) is 54.8 Å². The molecule has 1 fully saturated rings. The molecule has 1 heterocycles. The lowest BCUT2D eigenvalue weighted by molar-refractivity contribution is -0.122. The SMILES string of the molecule is Cc1cccc(CN2CCCCCCNC(=O)CC2c2ccccc2)c1. The first-order chi connectivity index (χ1) is 12.7. The average molecular weight is 351 g/mol. The Kier molecular flexibility index (Phi) is 6.84. The Balaban J connectivity index is 1.87. The van der Waals surface area contributed by atoms with Crippen molar-refractivity contribution in [1.82, 2.24) is 10.2 Å². The summed E-state index contributed by atoms with van der Waals surface area (Å²) in [5, 5.41) is 3.11. The summed E-state index contributed by atoms with van der Waals surface area (Å²) in [5.41, 5.74) is 3.84. The lowest BCUT2D eigenvalue weighted by atomic mass is 9.99. The fraction of sp³-hybridized carbons (Fsp3) is 0.435. The van der Waals surface area contributed by atoms with Crippen LogP contribution in [-0.2, 0) is 11.3 Å². The molecular formula is C23H30N2O. The molecule has 3 nitrogen and oxygen atoms in total. The maximum Gasteiger partial charge on any atom is 0.221 e. The highest BCUT2D eigenvalue weighted by atomic mass is 16.1. The molecule has 0 aromatic heterocycles. The number of hydrogen-bond acceptors (Lipinski definition) is 2. The van der Waals surface area contributed by atoms with Crippen LogP contribution in [0.4, 0.5) is 0 Å². The van der Waals surface area contributed by atoms with E-state index in [1.807, 2.05) is 6.07 Å². The van der Waals surface area contributed by atoms with Gasteiger partial charge in [0.1, 0.15) is 0 Å². The second kappa shape index (κ2) is 9.54. The highest BCUT2D eigenvalue weighted by Crippen LogP contribution is 2.27. The lowest BCUT2D eigenvalue weighted by Crippen LogP contribution is -2.34. The van der Waals surface area contributed by atoms with E-state index in [2.05, 4.69) is 65.7 Å². The Morgan fingerprint density at radius 2 is 1.81 bits per heavy atom. The second-order valence-corrected chi connectivity index (χ2v) is 7.35. The van der Waals surface area contributed by atoms with Gasteiger partial charge in [-0.3, -0.25) is 9.69 Å². The van der Waals surface area contributed by atoms with Crippen LogP contribution in [0.25, 0.3) is 0 Å². The van der Waals surface area contributed by atoms with E-state index in [1.54, 1.807) is 0 Å². The molecule has 2 aromatic carbocycles. The van der Waals surface area contributed by atoms with E-state index < -0.39 is 0 Å². The van der Waals surface area contributed by atoms with E-state index in [1.165, 1.54) is 36.0 Å². The van der Waals surface area contributed by atoms with Gasteiger partial charge in [-0.05, 0) is 37.4 Å². The highest BCUT2D eigenvalue weighted by Gasteiger charge is 2.23. The van der Waals surface area contributed by atoms with Crippen LogP contribution in [0.2, 0.25) is 0 Å². The van der Waals surface area contributed by atoms with Gasteiger partial charge in [0, 0.05) is 25.6 Å². The van der Waals surface area contributed by atoms with Crippen molar-refractivity contribution in [3.63, 3.8) is 0 Å². The molecule has 3 heteroatoms. The largest absolute Gasteiger partial charge is 0.356 e. The third kappa shape index (κ3) is 5.43. The number of amides is 1. The number of nitrogens with one attached hydrogen (secondary N) is 1. The molecule has 1 amide bonds.